The van der Waals surface area contributed by atoms with Crippen molar-refractivity contribution in [2.75, 3.05) is 0 Å². The summed E-state index contributed by atoms with van der Waals surface area (Å²) in [6, 6.07) is 7.93. The molecule has 0 aliphatic heterocycles. The lowest BCUT2D eigenvalue weighted by Crippen LogP contribution is -1.90. The minimum Gasteiger partial charge on any atom is -0.269 e. The fourth-order valence-electron chi connectivity index (χ4n) is 1.90. The fourth-order valence-corrected chi connectivity index (χ4v) is 2.17. The molecule has 0 unspecified atom stereocenters. The third-order valence-electron chi connectivity index (χ3n) is 3.04. The quantitative estimate of drug-likeness (QED) is 0.345. The first-order valence-corrected chi connectivity index (χ1v) is 7.75. The predicted octanol–water partition coefficient (Wildman–Crippen LogP) is 5.06. The van der Waals surface area contributed by atoms with Crippen LogP contribution >= 0.6 is 8.46 Å². The maximum Gasteiger partial charge on any atom is 0.192 e. The van der Waals surface area contributed by atoms with Crippen molar-refractivity contribution in [1.29, 1.82) is 0 Å². The molecule has 0 aliphatic carbocycles. The normalized spacial score (nSPS) is 11.4. The van der Waals surface area contributed by atoms with Gasteiger partial charge < -0.3 is 0 Å². The second-order valence-corrected chi connectivity index (χ2v) is 5.34. The van der Waals surface area contributed by atoms with Crippen molar-refractivity contribution in [1.82, 2.24) is 0 Å². The second-order valence-electron chi connectivity index (χ2n) is 4.64. The molecular formula is C16H23OP. The molecule has 0 aliphatic rings. The molecule has 1 nitrogen and oxygen atoms in total. The largest absolute Gasteiger partial charge is 0.269 e. The molecule has 0 N–H and O–H groups in total. The lowest BCUT2D eigenvalue weighted by Gasteiger charge is -1.97. The topological polar surface area (TPSA) is 17.1 Å². The Labute approximate surface area is 113 Å². The molecule has 0 atom stereocenters. The average molecular weight is 262 g/mol. The van der Waals surface area contributed by atoms with Crippen LogP contribution in [0, 0.1) is 0 Å². The fraction of sp³-hybridized carbons (Fsp3) is 0.500. The molecule has 0 saturated heterocycles. The molecule has 0 spiro atoms. The van der Waals surface area contributed by atoms with E-state index in [-0.39, 0.29) is 8.46 Å². The second kappa shape index (κ2) is 10.0. The third kappa shape index (κ3) is 6.71. The highest BCUT2D eigenvalue weighted by molar-refractivity contribution is 7.34. The molecular weight excluding hydrogens is 239 g/mol. The number of unbranched alkanes of at least 4 members (excludes halogenated alkanes) is 5. The Morgan fingerprint density at radius 3 is 2.39 bits per heavy atom. The molecule has 0 heterocycles. The first-order valence-electron chi connectivity index (χ1n) is 6.94. The first kappa shape index (κ1) is 15.1. The number of hydrogen-bond acceptors (Lipinski definition) is 1. The minimum absolute atomic E-state index is 0.105. The van der Waals surface area contributed by atoms with E-state index in [1.807, 2.05) is 24.3 Å². The van der Waals surface area contributed by atoms with Gasteiger partial charge in [0.15, 0.2) is 8.46 Å². The molecule has 0 fully saturated rings. The summed E-state index contributed by atoms with van der Waals surface area (Å²) in [6.07, 6.45) is 13.4. The molecule has 1 aromatic rings. The summed E-state index contributed by atoms with van der Waals surface area (Å²) >= 11 is 0. The van der Waals surface area contributed by atoms with Crippen LogP contribution in [0.2, 0.25) is 0 Å². The number of allylic oxidation sites excluding steroid dienone is 2. The van der Waals surface area contributed by atoms with Crippen LogP contribution in [0.4, 0.5) is 0 Å². The third-order valence-corrected chi connectivity index (χ3v) is 3.55. The van der Waals surface area contributed by atoms with Gasteiger partial charge in [-0.15, -0.1) is 0 Å². The van der Waals surface area contributed by atoms with E-state index in [1.165, 1.54) is 44.1 Å². The molecule has 0 bridgehead atoms. The van der Waals surface area contributed by atoms with Gasteiger partial charge in [-0.25, -0.2) is 0 Å². The van der Waals surface area contributed by atoms with Gasteiger partial charge in [0.2, 0.25) is 0 Å². The van der Waals surface area contributed by atoms with E-state index in [9.17, 15) is 4.57 Å². The summed E-state index contributed by atoms with van der Waals surface area (Å²) in [4.78, 5) is 0. The number of hydrogen-bond donors (Lipinski definition) is 0. The van der Waals surface area contributed by atoms with E-state index >= 15 is 0 Å². The average Bonchev–Trinajstić information content (AvgIpc) is 2.42. The van der Waals surface area contributed by atoms with E-state index in [1.54, 1.807) is 0 Å². The van der Waals surface area contributed by atoms with Crippen LogP contribution in [-0.4, -0.2) is 0 Å². The highest BCUT2D eigenvalue weighted by Gasteiger charge is 1.92. The van der Waals surface area contributed by atoms with Gasteiger partial charge in [0, 0.05) is 5.30 Å². The monoisotopic (exact) mass is 262 g/mol. The van der Waals surface area contributed by atoms with Crippen molar-refractivity contribution in [2.45, 2.75) is 51.9 Å². The van der Waals surface area contributed by atoms with E-state index in [4.69, 9.17) is 0 Å². The molecule has 2 heteroatoms. The minimum atomic E-state index is 0.105. The van der Waals surface area contributed by atoms with Gasteiger partial charge in [-0.05, 0) is 37.0 Å². The summed E-state index contributed by atoms with van der Waals surface area (Å²) in [6.45, 7) is 2.25. The van der Waals surface area contributed by atoms with E-state index in [2.05, 4.69) is 19.1 Å². The van der Waals surface area contributed by atoms with Crippen molar-refractivity contribution in [3.63, 3.8) is 0 Å². The van der Waals surface area contributed by atoms with Crippen molar-refractivity contribution < 1.29 is 4.57 Å². The molecule has 0 saturated carbocycles. The maximum atomic E-state index is 10.6. The zero-order chi connectivity index (χ0) is 13.1. The summed E-state index contributed by atoms with van der Waals surface area (Å²) in [5.74, 6) is 0. The Hall–Kier alpha value is -0.940. The van der Waals surface area contributed by atoms with E-state index in [0.29, 0.717) is 0 Å². The Morgan fingerprint density at radius 2 is 1.72 bits per heavy atom. The zero-order valence-electron chi connectivity index (χ0n) is 11.3. The number of rotatable bonds is 9. The van der Waals surface area contributed by atoms with Gasteiger partial charge in [0.25, 0.3) is 0 Å². The Morgan fingerprint density at radius 1 is 1.00 bits per heavy atom. The SMILES string of the molecule is CCCCCCCC=CCc1ccc(P=O)cc1. The summed E-state index contributed by atoms with van der Waals surface area (Å²) in [5, 5.41) is 0.846. The van der Waals surface area contributed by atoms with Crippen LogP contribution in [-0.2, 0) is 11.0 Å². The highest BCUT2D eigenvalue weighted by atomic mass is 31.1. The van der Waals surface area contributed by atoms with Gasteiger partial charge in [-0.1, -0.05) is 56.9 Å². The predicted molar refractivity (Wildman–Crippen MR) is 79.9 cm³/mol. The van der Waals surface area contributed by atoms with E-state index in [0.717, 1.165) is 11.7 Å². The summed E-state index contributed by atoms with van der Waals surface area (Å²) < 4.78 is 10.6. The van der Waals surface area contributed by atoms with Crippen LogP contribution in [0.3, 0.4) is 0 Å². The van der Waals surface area contributed by atoms with Crippen molar-refractivity contribution >= 4 is 13.8 Å². The summed E-state index contributed by atoms with van der Waals surface area (Å²) in [5.41, 5.74) is 1.28. The molecule has 0 amide bonds. The lowest BCUT2D eigenvalue weighted by molar-refractivity contribution is 0.603. The molecule has 18 heavy (non-hydrogen) atoms. The molecule has 0 aromatic heterocycles. The van der Waals surface area contributed by atoms with Crippen LogP contribution in [0.1, 0.15) is 51.0 Å². The van der Waals surface area contributed by atoms with Gasteiger partial charge in [-0.3, -0.25) is 4.57 Å². The van der Waals surface area contributed by atoms with Crippen LogP contribution in [0.15, 0.2) is 36.4 Å². The zero-order valence-corrected chi connectivity index (χ0v) is 12.2. The maximum absolute atomic E-state index is 10.6. The summed E-state index contributed by atoms with van der Waals surface area (Å²) in [7, 11) is 0.105. The molecule has 98 valence electrons. The van der Waals surface area contributed by atoms with Crippen LogP contribution in [0.5, 0.6) is 0 Å². The Balaban J connectivity index is 2.13. The molecule has 1 aromatic carbocycles. The van der Waals surface area contributed by atoms with Gasteiger partial charge >= 0.3 is 0 Å². The first-order chi connectivity index (χ1) is 8.86. The van der Waals surface area contributed by atoms with Gasteiger partial charge in [0.05, 0.1) is 0 Å². The van der Waals surface area contributed by atoms with E-state index < -0.39 is 0 Å². The smallest absolute Gasteiger partial charge is 0.192 e. The van der Waals surface area contributed by atoms with Crippen molar-refractivity contribution in [3.8, 4) is 0 Å². The lowest BCUT2D eigenvalue weighted by atomic mass is 10.1. The van der Waals surface area contributed by atoms with Gasteiger partial charge in [0.1, 0.15) is 0 Å². The van der Waals surface area contributed by atoms with Gasteiger partial charge in [-0.2, -0.15) is 0 Å². The van der Waals surface area contributed by atoms with Crippen LogP contribution in [0.25, 0.3) is 0 Å². The Kier molecular flexibility index (Phi) is 8.42. The molecule has 0 radical (unpaired) electrons. The van der Waals surface area contributed by atoms with Crippen molar-refractivity contribution in [3.05, 3.63) is 42.0 Å². The Bertz CT molecular complexity index is 354. The van der Waals surface area contributed by atoms with Crippen LogP contribution < -0.4 is 5.30 Å². The molecule has 1 rings (SSSR count). The van der Waals surface area contributed by atoms with Crippen molar-refractivity contribution in [2.24, 2.45) is 0 Å². The highest BCUT2D eigenvalue weighted by Crippen LogP contribution is 2.07. The standard InChI is InChI=1S/C16H23OP/c1-2-3-4-5-6-7-8-9-10-15-11-13-16(18-17)14-12-15/h8-9,11-14H,2-7,10H2,1H3. The number of benzene rings is 1.